The molecule has 0 bridgehead atoms. The molecule has 0 saturated carbocycles. The monoisotopic (exact) mass is 353 g/mol. The van der Waals surface area contributed by atoms with Crippen molar-refractivity contribution in [3.63, 3.8) is 0 Å². The van der Waals surface area contributed by atoms with E-state index < -0.39 is 7.82 Å². The third-order valence-electron chi connectivity index (χ3n) is 0.224. The molecule has 0 atom stereocenters. The van der Waals surface area contributed by atoms with E-state index in [0.717, 1.165) is 6.42 Å². The van der Waals surface area contributed by atoms with Gasteiger partial charge in [-0.2, -0.15) is 0 Å². The Balaban J connectivity index is -0.0000000910. The molecule has 0 heterocycles. The number of hydrogen-bond donors (Lipinski definition) is 4. The molecule has 0 aromatic rings. The summed E-state index contributed by atoms with van der Waals surface area (Å²) in [7, 11) is -4.64. The summed E-state index contributed by atoms with van der Waals surface area (Å²) in [6.45, 7) is 2.25. The summed E-state index contributed by atoms with van der Waals surface area (Å²) in [4.78, 5) is 21.6. The van der Waals surface area contributed by atoms with Gasteiger partial charge in [0.05, 0.1) is 0 Å². The molecule has 10 heavy (non-hydrogen) atoms. The van der Waals surface area contributed by atoms with Gasteiger partial charge in [0.1, 0.15) is 0 Å². The van der Waals surface area contributed by atoms with Gasteiger partial charge in [0, 0.05) is 27.7 Å². The first kappa shape index (κ1) is 17.0. The Morgan fingerprint density at radius 1 is 1.30 bits per heavy atom. The number of phosphoric acid groups is 1. The fourth-order valence-electron chi connectivity index (χ4n) is 0. The molecule has 0 aromatic heterocycles. The van der Waals surface area contributed by atoms with Gasteiger partial charge in [0.2, 0.25) is 0 Å². The Morgan fingerprint density at radius 2 is 1.40 bits per heavy atom. The van der Waals surface area contributed by atoms with Crippen molar-refractivity contribution in [2.75, 3.05) is 6.61 Å². The number of hydrogen-bond acceptors (Lipinski definition) is 2. The minimum Gasteiger partial charge on any atom is -0.396 e. The van der Waals surface area contributed by atoms with Crippen molar-refractivity contribution < 1.29 is 45.4 Å². The van der Waals surface area contributed by atoms with E-state index in [1.165, 1.54) is 0 Å². The predicted molar refractivity (Wildman–Crippen MR) is 31.6 cm³/mol. The van der Waals surface area contributed by atoms with Crippen LogP contribution in [-0.2, 0) is 25.6 Å². The average molecular weight is 353 g/mol. The normalized spacial score (nSPS) is 8.90. The van der Waals surface area contributed by atoms with Gasteiger partial charge in [-0.05, 0) is 6.42 Å². The summed E-state index contributed by atoms with van der Waals surface area (Å²) in [6.07, 6.45) is 0.875. The predicted octanol–water partition coefficient (Wildman–Crippen LogP) is -0.542. The first-order valence-corrected chi connectivity index (χ1v) is 3.87. The van der Waals surface area contributed by atoms with Gasteiger partial charge in [-0.15, -0.1) is 0 Å². The largest absolute Gasteiger partial charge is 0.466 e. The molecule has 0 saturated heterocycles. The standard InChI is InChI=1S/C3H8O.H3O4P.Pt/c1-2-3-4;1-5(2,3)4;/h4H,2-3H2,1H3;(H3,1,2,3,4);. The Morgan fingerprint density at radius 3 is 1.40 bits per heavy atom. The number of aliphatic hydroxyl groups is 1. The van der Waals surface area contributed by atoms with Gasteiger partial charge in [-0.1, -0.05) is 6.92 Å². The van der Waals surface area contributed by atoms with E-state index in [1.807, 2.05) is 6.92 Å². The zero-order valence-electron chi connectivity index (χ0n) is 5.37. The molecule has 0 amide bonds. The van der Waals surface area contributed by atoms with Gasteiger partial charge < -0.3 is 19.8 Å². The molecule has 0 spiro atoms. The van der Waals surface area contributed by atoms with E-state index in [1.54, 1.807) is 0 Å². The van der Waals surface area contributed by atoms with Crippen molar-refractivity contribution in [1.29, 1.82) is 0 Å². The van der Waals surface area contributed by atoms with Crippen LogP contribution in [0.3, 0.4) is 0 Å². The zero-order chi connectivity index (χ0) is 7.91. The van der Waals surface area contributed by atoms with Crippen LogP contribution in [-0.4, -0.2) is 26.4 Å². The van der Waals surface area contributed by atoms with Gasteiger partial charge in [0.15, 0.2) is 0 Å². The Bertz CT molecular complexity index is 80.6. The van der Waals surface area contributed by atoms with Crippen LogP contribution in [0.1, 0.15) is 13.3 Å². The molecule has 0 radical (unpaired) electrons. The summed E-state index contributed by atoms with van der Waals surface area (Å²) in [5.41, 5.74) is 0. The molecule has 0 fully saturated rings. The second kappa shape index (κ2) is 9.76. The van der Waals surface area contributed by atoms with Crippen LogP contribution in [0.5, 0.6) is 0 Å². The molecule has 0 aromatic carbocycles. The van der Waals surface area contributed by atoms with E-state index in [4.69, 9.17) is 24.4 Å². The summed E-state index contributed by atoms with van der Waals surface area (Å²) in [5.74, 6) is 0. The number of aliphatic hydroxyl groups excluding tert-OH is 1. The van der Waals surface area contributed by atoms with Crippen molar-refractivity contribution in [3.05, 3.63) is 0 Å². The smallest absolute Gasteiger partial charge is 0.396 e. The quantitative estimate of drug-likeness (QED) is 0.475. The van der Waals surface area contributed by atoms with Crippen molar-refractivity contribution in [2.45, 2.75) is 13.3 Å². The van der Waals surface area contributed by atoms with Crippen LogP contribution in [0, 0.1) is 0 Å². The van der Waals surface area contributed by atoms with E-state index in [0.29, 0.717) is 6.61 Å². The van der Waals surface area contributed by atoms with Gasteiger partial charge in [-0.25, -0.2) is 4.57 Å². The van der Waals surface area contributed by atoms with E-state index in [-0.39, 0.29) is 21.1 Å². The molecular weight excluding hydrogens is 342 g/mol. The third-order valence-corrected chi connectivity index (χ3v) is 0.224. The molecule has 0 aliphatic carbocycles. The summed E-state index contributed by atoms with van der Waals surface area (Å²) in [6, 6.07) is 0. The molecule has 0 aliphatic rings. The van der Waals surface area contributed by atoms with E-state index in [9.17, 15) is 0 Å². The molecule has 7 heteroatoms. The first-order chi connectivity index (χ1) is 3.91. The molecular formula is C3H11O5PPt. The summed E-state index contributed by atoms with van der Waals surface area (Å²) >= 11 is 0. The Kier molecular flexibility index (Phi) is 16.6. The second-order valence-electron chi connectivity index (χ2n) is 1.24. The van der Waals surface area contributed by atoms with Crippen molar-refractivity contribution in [1.82, 2.24) is 0 Å². The van der Waals surface area contributed by atoms with Gasteiger partial charge in [-0.3, -0.25) is 0 Å². The average Bonchev–Trinajstić information content (AvgIpc) is 1.61. The minimum atomic E-state index is -4.64. The van der Waals surface area contributed by atoms with Gasteiger partial charge in [0.25, 0.3) is 0 Å². The maximum atomic E-state index is 8.88. The van der Waals surface area contributed by atoms with E-state index in [2.05, 4.69) is 0 Å². The summed E-state index contributed by atoms with van der Waals surface area (Å²) in [5, 5.41) is 7.88. The SMILES string of the molecule is CCCO.O=P(O)(O)O.[Pt]. The number of rotatable bonds is 1. The molecule has 68 valence electrons. The van der Waals surface area contributed by atoms with Crippen LogP contribution >= 0.6 is 7.82 Å². The Labute approximate surface area is 73.6 Å². The fraction of sp³-hybridized carbons (Fsp3) is 1.00. The third kappa shape index (κ3) is 171. The van der Waals surface area contributed by atoms with Crippen LogP contribution in [0.2, 0.25) is 0 Å². The first-order valence-electron chi connectivity index (χ1n) is 2.31. The summed E-state index contributed by atoms with van der Waals surface area (Å²) < 4.78 is 8.88. The van der Waals surface area contributed by atoms with E-state index >= 15 is 0 Å². The van der Waals surface area contributed by atoms with Crippen molar-refractivity contribution in [2.24, 2.45) is 0 Å². The van der Waals surface area contributed by atoms with Gasteiger partial charge >= 0.3 is 7.82 Å². The van der Waals surface area contributed by atoms with Crippen LogP contribution in [0.25, 0.3) is 0 Å². The van der Waals surface area contributed by atoms with Crippen molar-refractivity contribution >= 4 is 7.82 Å². The fourth-order valence-corrected chi connectivity index (χ4v) is 0. The zero-order valence-corrected chi connectivity index (χ0v) is 8.54. The van der Waals surface area contributed by atoms with Crippen LogP contribution < -0.4 is 0 Å². The molecule has 5 nitrogen and oxygen atoms in total. The maximum absolute atomic E-state index is 8.88. The maximum Gasteiger partial charge on any atom is 0.466 e. The second-order valence-corrected chi connectivity index (χ2v) is 2.26. The van der Waals surface area contributed by atoms with Crippen LogP contribution in [0.15, 0.2) is 0 Å². The molecule has 0 aliphatic heterocycles. The molecule has 0 rings (SSSR count). The minimum absolute atomic E-state index is 0. The molecule has 4 N–H and O–H groups in total. The van der Waals surface area contributed by atoms with Crippen LogP contribution in [0.4, 0.5) is 0 Å². The Hall–Kier alpha value is 0.758. The van der Waals surface area contributed by atoms with Crippen molar-refractivity contribution in [3.8, 4) is 0 Å². The topological polar surface area (TPSA) is 98.0 Å². The molecule has 0 unspecified atom stereocenters.